The molecule has 0 amide bonds. The molecular formula is C10H12ClF2NS. The van der Waals surface area contributed by atoms with Gasteiger partial charge in [-0.25, -0.2) is 8.78 Å². The van der Waals surface area contributed by atoms with Gasteiger partial charge in [-0.05, 0) is 17.9 Å². The average molecular weight is 252 g/mol. The van der Waals surface area contributed by atoms with Gasteiger partial charge in [0, 0.05) is 29.7 Å². The molecule has 2 N–H and O–H groups in total. The van der Waals surface area contributed by atoms with Gasteiger partial charge in [0.25, 0.3) is 0 Å². The van der Waals surface area contributed by atoms with Crippen LogP contribution in [-0.4, -0.2) is 12.5 Å². The van der Waals surface area contributed by atoms with Crippen molar-refractivity contribution in [2.75, 3.05) is 6.54 Å². The van der Waals surface area contributed by atoms with E-state index in [-0.39, 0.29) is 19.4 Å². The van der Waals surface area contributed by atoms with Gasteiger partial charge < -0.3 is 5.73 Å². The van der Waals surface area contributed by atoms with Crippen LogP contribution in [0.3, 0.4) is 0 Å². The molecule has 1 fully saturated rings. The van der Waals surface area contributed by atoms with E-state index in [1.807, 2.05) is 12.3 Å². The first-order valence-electron chi connectivity index (χ1n) is 4.72. The fourth-order valence-corrected chi connectivity index (χ4v) is 3.73. The summed E-state index contributed by atoms with van der Waals surface area (Å²) in [6, 6.07) is 0. The van der Waals surface area contributed by atoms with E-state index >= 15 is 0 Å². The van der Waals surface area contributed by atoms with Crippen molar-refractivity contribution in [2.24, 2.45) is 5.73 Å². The average Bonchev–Trinajstić information content (AvgIpc) is 2.43. The van der Waals surface area contributed by atoms with Crippen molar-refractivity contribution in [1.82, 2.24) is 0 Å². The van der Waals surface area contributed by atoms with Gasteiger partial charge in [0.15, 0.2) is 0 Å². The Morgan fingerprint density at radius 1 is 1.53 bits per heavy atom. The van der Waals surface area contributed by atoms with E-state index in [2.05, 4.69) is 0 Å². The zero-order chi connectivity index (χ0) is 11.3. The molecule has 2 rings (SSSR count). The summed E-state index contributed by atoms with van der Waals surface area (Å²) in [4.78, 5) is 0.829. The molecule has 1 saturated carbocycles. The fourth-order valence-electron chi connectivity index (χ4n) is 2.12. The Morgan fingerprint density at radius 3 is 2.47 bits per heavy atom. The molecule has 0 aliphatic heterocycles. The Hall–Kier alpha value is -0.190. The molecule has 1 nitrogen and oxygen atoms in total. The second kappa shape index (κ2) is 3.40. The van der Waals surface area contributed by atoms with Gasteiger partial charge in [0.05, 0.1) is 5.02 Å². The van der Waals surface area contributed by atoms with E-state index in [0.29, 0.717) is 5.02 Å². The molecule has 0 atom stereocenters. The Bertz CT molecular complexity index is 381. The first kappa shape index (κ1) is 11.3. The molecule has 84 valence electrons. The van der Waals surface area contributed by atoms with Crippen LogP contribution in [0.4, 0.5) is 8.78 Å². The molecule has 1 aromatic rings. The largest absolute Gasteiger partial charge is 0.330 e. The van der Waals surface area contributed by atoms with Gasteiger partial charge in [-0.2, -0.15) is 0 Å². The number of halogens is 3. The molecule has 1 aliphatic carbocycles. The summed E-state index contributed by atoms with van der Waals surface area (Å²) in [6.45, 7) is 2.12. The van der Waals surface area contributed by atoms with Gasteiger partial charge in [-0.15, -0.1) is 11.3 Å². The van der Waals surface area contributed by atoms with Gasteiger partial charge >= 0.3 is 0 Å². The number of alkyl halides is 2. The minimum atomic E-state index is -2.57. The zero-order valence-electron chi connectivity index (χ0n) is 8.32. The molecule has 5 heteroatoms. The second-order valence-electron chi connectivity index (χ2n) is 4.26. The molecule has 1 heterocycles. The summed E-state index contributed by atoms with van der Waals surface area (Å²) in [5.74, 6) is -2.57. The lowest BCUT2D eigenvalue weighted by Gasteiger charge is -2.46. The number of hydrogen-bond acceptors (Lipinski definition) is 2. The third kappa shape index (κ3) is 1.69. The number of aryl methyl sites for hydroxylation is 1. The van der Waals surface area contributed by atoms with Gasteiger partial charge in [0.1, 0.15) is 0 Å². The molecule has 0 bridgehead atoms. The van der Waals surface area contributed by atoms with Gasteiger partial charge in [0.2, 0.25) is 5.92 Å². The highest BCUT2D eigenvalue weighted by atomic mass is 35.5. The summed E-state index contributed by atoms with van der Waals surface area (Å²) >= 11 is 7.53. The van der Waals surface area contributed by atoms with E-state index in [0.717, 1.165) is 10.4 Å². The predicted molar refractivity (Wildman–Crippen MR) is 59.0 cm³/mol. The smallest absolute Gasteiger partial charge is 0.250 e. The van der Waals surface area contributed by atoms with E-state index in [1.54, 1.807) is 0 Å². The highest BCUT2D eigenvalue weighted by Gasteiger charge is 2.57. The van der Waals surface area contributed by atoms with Crippen LogP contribution < -0.4 is 5.73 Å². The Morgan fingerprint density at radius 2 is 2.13 bits per heavy atom. The minimum absolute atomic E-state index is 0.170. The van der Waals surface area contributed by atoms with Crippen molar-refractivity contribution in [1.29, 1.82) is 0 Å². The molecule has 0 unspecified atom stereocenters. The highest BCUT2D eigenvalue weighted by molar-refractivity contribution is 7.11. The molecular weight excluding hydrogens is 240 g/mol. The van der Waals surface area contributed by atoms with Crippen LogP contribution in [0, 0.1) is 6.92 Å². The van der Waals surface area contributed by atoms with Crippen LogP contribution in [0.2, 0.25) is 5.02 Å². The molecule has 0 spiro atoms. The summed E-state index contributed by atoms with van der Waals surface area (Å²) in [6.07, 6.45) is -0.341. The van der Waals surface area contributed by atoms with E-state index in [9.17, 15) is 8.78 Å². The minimum Gasteiger partial charge on any atom is -0.330 e. The standard InChI is InChI=1S/C10H12ClF2NS/c1-6-2-15-8(7(6)11)9(5-14)3-10(12,13)4-9/h2H,3-5,14H2,1H3. The van der Waals surface area contributed by atoms with Crippen LogP contribution in [0.5, 0.6) is 0 Å². The Balaban J connectivity index is 2.33. The van der Waals surface area contributed by atoms with Gasteiger partial charge in [-0.1, -0.05) is 11.6 Å². The van der Waals surface area contributed by atoms with E-state index in [1.165, 1.54) is 11.3 Å². The Labute approximate surface area is 96.2 Å². The number of thiophene rings is 1. The molecule has 15 heavy (non-hydrogen) atoms. The monoisotopic (exact) mass is 251 g/mol. The predicted octanol–water partition coefficient (Wildman–Crippen LogP) is 3.34. The summed E-state index contributed by atoms with van der Waals surface area (Å²) < 4.78 is 25.9. The summed E-state index contributed by atoms with van der Waals surface area (Å²) in [5, 5.41) is 2.51. The summed E-state index contributed by atoms with van der Waals surface area (Å²) in [7, 11) is 0. The molecule has 0 aromatic carbocycles. The van der Waals surface area contributed by atoms with Crippen molar-refractivity contribution in [2.45, 2.75) is 31.1 Å². The SMILES string of the molecule is Cc1csc(C2(CN)CC(F)(F)C2)c1Cl. The van der Waals surface area contributed by atoms with Crippen molar-refractivity contribution >= 4 is 22.9 Å². The maximum absolute atomic E-state index is 13.0. The first-order chi connectivity index (χ1) is 6.90. The second-order valence-corrected chi connectivity index (χ2v) is 5.51. The van der Waals surface area contributed by atoms with Crippen molar-refractivity contribution in [3.05, 3.63) is 20.8 Å². The lowest BCUT2D eigenvalue weighted by Crippen LogP contribution is -2.53. The molecule has 1 aromatic heterocycles. The third-order valence-corrected chi connectivity index (χ3v) is 4.91. The maximum Gasteiger partial charge on any atom is 0.250 e. The van der Waals surface area contributed by atoms with Crippen molar-refractivity contribution in [3.63, 3.8) is 0 Å². The number of nitrogens with two attached hydrogens (primary N) is 1. The van der Waals surface area contributed by atoms with Crippen molar-refractivity contribution < 1.29 is 8.78 Å². The topological polar surface area (TPSA) is 26.0 Å². The van der Waals surface area contributed by atoms with E-state index < -0.39 is 11.3 Å². The van der Waals surface area contributed by atoms with Crippen LogP contribution in [0.15, 0.2) is 5.38 Å². The quantitative estimate of drug-likeness (QED) is 0.857. The molecule has 1 aliphatic rings. The van der Waals surface area contributed by atoms with Crippen molar-refractivity contribution in [3.8, 4) is 0 Å². The maximum atomic E-state index is 13.0. The van der Waals surface area contributed by atoms with Crippen LogP contribution in [0.25, 0.3) is 0 Å². The fraction of sp³-hybridized carbons (Fsp3) is 0.600. The van der Waals surface area contributed by atoms with Crippen LogP contribution >= 0.6 is 22.9 Å². The third-order valence-electron chi connectivity index (χ3n) is 2.97. The number of rotatable bonds is 2. The lowest BCUT2D eigenvalue weighted by atomic mass is 9.65. The number of hydrogen-bond donors (Lipinski definition) is 1. The normalized spacial score (nSPS) is 22.5. The highest BCUT2D eigenvalue weighted by Crippen LogP contribution is 2.56. The Kier molecular flexibility index (Phi) is 2.56. The van der Waals surface area contributed by atoms with Gasteiger partial charge in [-0.3, -0.25) is 0 Å². The molecule has 0 radical (unpaired) electrons. The van der Waals surface area contributed by atoms with Crippen LogP contribution in [-0.2, 0) is 5.41 Å². The molecule has 0 saturated heterocycles. The summed E-state index contributed by atoms with van der Waals surface area (Å²) in [5.41, 5.74) is 5.98. The van der Waals surface area contributed by atoms with E-state index in [4.69, 9.17) is 17.3 Å². The lowest BCUT2D eigenvalue weighted by molar-refractivity contribution is -0.122. The van der Waals surface area contributed by atoms with Crippen LogP contribution in [0.1, 0.15) is 23.3 Å². The zero-order valence-corrected chi connectivity index (χ0v) is 9.89. The first-order valence-corrected chi connectivity index (χ1v) is 5.98.